The van der Waals surface area contributed by atoms with Crippen LogP contribution in [0.25, 0.3) is 0 Å². The third-order valence-electron chi connectivity index (χ3n) is 4.73. The van der Waals surface area contributed by atoms with Crippen LogP contribution in [-0.2, 0) is 46.5 Å². The molecule has 0 bridgehead atoms. The van der Waals surface area contributed by atoms with Crippen molar-refractivity contribution in [2.24, 2.45) is 0 Å². The van der Waals surface area contributed by atoms with Gasteiger partial charge >= 0.3 is 62.6 Å². The first-order valence-corrected chi connectivity index (χ1v) is 16.8. The summed E-state index contributed by atoms with van der Waals surface area (Å²) in [6.45, 7) is 0. The van der Waals surface area contributed by atoms with Gasteiger partial charge in [-0.15, -0.1) is 0 Å². The van der Waals surface area contributed by atoms with Gasteiger partial charge in [0.15, 0.2) is 0 Å². The van der Waals surface area contributed by atoms with Gasteiger partial charge in [-0.05, 0) is 12.8 Å². The molecule has 2 aromatic carbocycles. The van der Waals surface area contributed by atoms with Crippen molar-refractivity contribution < 1.29 is 73.5 Å². The molecule has 0 saturated carbocycles. The van der Waals surface area contributed by atoms with E-state index in [0.717, 1.165) is 0 Å². The molecule has 0 unspecified atom stereocenters. The van der Waals surface area contributed by atoms with Gasteiger partial charge in [0.25, 0.3) is 0 Å². The SMILES string of the molecule is FC(F)(F)CCc1ccc[c-]1CCC(F)(F)F.FC(F)(F)CCc1ccc[c-]1CCC(F)(F)F.[Cl][Zr+2][Cl]. The Kier molecular flexibility index (Phi) is 16.1. The van der Waals surface area contributed by atoms with Crippen molar-refractivity contribution >= 4 is 17.0 Å². The van der Waals surface area contributed by atoms with E-state index in [1.54, 1.807) is 0 Å². The second-order valence-corrected chi connectivity index (χ2v) is 11.4. The fourth-order valence-electron chi connectivity index (χ4n) is 3.07. The topological polar surface area (TPSA) is 0 Å². The van der Waals surface area contributed by atoms with E-state index in [-0.39, 0.29) is 25.7 Å². The molecular formula is C22H22Cl2F12Zr. The summed E-state index contributed by atoms with van der Waals surface area (Å²) in [5.74, 6) is 0. The molecule has 0 fully saturated rings. The molecule has 0 aliphatic carbocycles. The number of alkyl halides is 12. The van der Waals surface area contributed by atoms with Gasteiger partial charge in [-0.3, -0.25) is 0 Å². The van der Waals surface area contributed by atoms with Gasteiger partial charge in [0.1, 0.15) is 0 Å². The van der Waals surface area contributed by atoms with Crippen molar-refractivity contribution in [2.75, 3.05) is 0 Å². The molecule has 2 rings (SSSR count). The quantitative estimate of drug-likeness (QED) is 0.193. The predicted molar refractivity (Wildman–Crippen MR) is 113 cm³/mol. The standard InChI is InChI=1S/2C11H11F6.2ClH.Zr/c2*12-10(13,14)6-4-8-2-1-3-9(8)5-7-11(15,16)17;;;/h2*1-3H,4-7H2;2*1H;/q2*-1;;;+4/p-2. The molecule has 0 aliphatic rings. The van der Waals surface area contributed by atoms with Crippen LogP contribution >= 0.6 is 17.0 Å². The van der Waals surface area contributed by atoms with Crippen molar-refractivity contribution in [1.82, 2.24) is 0 Å². The average molecular weight is 677 g/mol. The van der Waals surface area contributed by atoms with Gasteiger partial charge in [-0.25, -0.2) is 24.3 Å². The molecule has 0 saturated heterocycles. The van der Waals surface area contributed by atoms with E-state index in [1.165, 1.54) is 36.4 Å². The van der Waals surface area contributed by atoms with Gasteiger partial charge in [0.2, 0.25) is 0 Å². The van der Waals surface area contributed by atoms with Crippen LogP contribution in [0.3, 0.4) is 0 Å². The molecule has 212 valence electrons. The molecule has 0 spiro atoms. The maximum absolute atomic E-state index is 12.0. The molecule has 0 amide bonds. The molecular weight excluding hydrogens is 654 g/mol. The zero-order valence-corrected chi connectivity index (χ0v) is 22.9. The van der Waals surface area contributed by atoms with E-state index in [4.69, 9.17) is 17.0 Å². The Labute approximate surface area is 224 Å². The van der Waals surface area contributed by atoms with E-state index in [1.807, 2.05) is 0 Å². The summed E-state index contributed by atoms with van der Waals surface area (Å²) in [5.41, 5.74) is 1.41. The fraction of sp³-hybridized carbons (Fsp3) is 0.545. The number of hydrogen-bond acceptors (Lipinski definition) is 0. The van der Waals surface area contributed by atoms with E-state index in [9.17, 15) is 52.7 Å². The Hall–Kier alpha value is -0.677. The summed E-state index contributed by atoms with van der Waals surface area (Å²) in [7, 11) is 9.87. The first-order valence-electron chi connectivity index (χ1n) is 10.5. The van der Waals surface area contributed by atoms with Gasteiger partial charge in [-0.1, -0.05) is 12.8 Å². The first kappa shape index (κ1) is 36.3. The van der Waals surface area contributed by atoms with Crippen molar-refractivity contribution in [1.29, 1.82) is 0 Å². The maximum atomic E-state index is 12.0. The van der Waals surface area contributed by atoms with Gasteiger partial charge < -0.3 is 0 Å². The number of hydrogen-bond donors (Lipinski definition) is 0. The van der Waals surface area contributed by atoms with Crippen molar-refractivity contribution in [3.8, 4) is 0 Å². The molecule has 37 heavy (non-hydrogen) atoms. The number of aryl methyl sites for hydroxylation is 4. The van der Waals surface area contributed by atoms with Gasteiger partial charge in [0, 0.05) is 25.7 Å². The van der Waals surface area contributed by atoms with Gasteiger partial charge in [0.05, 0.1) is 0 Å². The molecule has 0 atom stereocenters. The van der Waals surface area contributed by atoms with E-state index >= 15 is 0 Å². The summed E-state index contributed by atoms with van der Waals surface area (Å²) < 4.78 is 144. The van der Waals surface area contributed by atoms with Crippen molar-refractivity contribution in [2.45, 2.75) is 76.1 Å². The van der Waals surface area contributed by atoms with Crippen LogP contribution in [0.4, 0.5) is 52.7 Å². The monoisotopic (exact) mass is 674 g/mol. The van der Waals surface area contributed by atoms with Crippen LogP contribution in [-0.4, -0.2) is 24.7 Å². The van der Waals surface area contributed by atoms with E-state index < -0.39 is 71.2 Å². The summed E-state index contributed by atoms with van der Waals surface area (Å²) >= 11 is -0.826. The number of halogens is 14. The third-order valence-corrected chi connectivity index (χ3v) is 4.73. The molecule has 0 heterocycles. The Bertz CT molecular complexity index is 725. The zero-order chi connectivity index (χ0) is 28.9. The molecule has 15 heteroatoms. The Morgan fingerprint density at radius 3 is 1.05 bits per heavy atom. The average Bonchev–Trinajstić information content (AvgIpc) is 3.35. The van der Waals surface area contributed by atoms with Crippen LogP contribution in [0.1, 0.15) is 47.9 Å². The van der Waals surface area contributed by atoms with Crippen LogP contribution in [0.15, 0.2) is 36.4 Å². The van der Waals surface area contributed by atoms with Crippen molar-refractivity contribution in [3.63, 3.8) is 0 Å². The fourth-order valence-corrected chi connectivity index (χ4v) is 3.07. The summed E-state index contributed by atoms with van der Waals surface area (Å²) in [6.07, 6.45) is -22.2. The first-order chi connectivity index (χ1) is 16.8. The molecule has 0 radical (unpaired) electrons. The normalized spacial score (nSPS) is 12.3. The zero-order valence-electron chi connectivity index (χ0n) is 18.9. The molecule has 0 aliphatic heterocycles. The molecule has 0 nitrogen and oxygen atoms in total. The minimum absolute atomic E-state index is 0.260. The van der Waals surface area contributed by atoms with Crippen LogP contribution in [0.5, 0.6) is 0 Å². The third kappa shape index (κ3) is 20.9. The van der Waals surface area contributed by atoms with Gasteiger partial charge in [-0.2, -0.15) is 87.1 Å². The summed E-state index contributed by atoms with van der Waals surface area (Å²) in [6, 6.07) is 8.73. The Morgan fingerprint density at radius 1 is 0.541 bits per heavy atom. The van der Waals surface area contributed by atoms with Crippen LogP contribution < -0.4 is 0 Å². The summed E-state index contributed by atoms with van der Waals surface area (Å²) in [5, 5.41) is 0. The second-order valence-electron chi connectivity index (χ2n) is 7.68. The van der Waals surface area contributed by atoms with Crippen LogP contribution in [0.2, 0.25) is 0 Å². The van der Waals surface area contributed by atoms with Crippen molar-refractivity contribution in [3.05, 3.63) is 58.7 Å². The van der Waals surface area contributed by atoms with E-state index in [0.29, 0.717) is 22.3 Å². The Balaban J connectivity index is 0.000000633. The minimum atomic E-state index is -4.28. The molecule has 0 N–H and O–H groups in total. The predicted octanol–water partition coefficient (Wildman–Crippen LogP) is 10.2. The summed E-state index contributed by atoms with van der Waals surface area (Å²) in [4.78, 5) is 0. The molecule has 2 aromatic rings. The Morgan fingerprint density at radius 2 is 0.811 bits per heavy atom. The second kappa shape index (κ2) is 16.4. The molecule has 0 aromatic heterocycles. The van der Waals surface area contributed by atoms with Crippen LogP contribution in [0, 0.1) is 0 Å². The van der Waals surface area contributed by atoms with E-state index in [2.05, 4.69) is 0 Å². The number of rotatable bonds is 8.